The molecule has 0 radical (unpaired) electrons. The fourth-order valence-corrected chi connectivity index (χ4v) is 3.90. The highest BCUT2D eigenvalue weighted by atomic mass is 16.3. The molecule has 188 valence electrons. The van der Waals surface area contributed by atoms with E-state index in [0.29, 0.717) is 31.7 Å². The van der Waals surface area contributed by atoms with Crippen molar-refractivity contribution in [3.05, 3.63) is 35.4 Å². The van der Waals surface area contributed by atoms with E-state index in [4.69, 9.17) is 0 Å². The van der Waals surface area contributed by atoms with Crippen molar-refractivity contribution in [3.63, 3.8) is 0 Å². The summed E-state index contributed by atoms with van der Waals surface area (Å²) in [4.78, 5) is 27.0. The number of nitrogens with one attached hydrogen (secondary N) is 2. The van der Waals surface area contributed by atoms with E-state index >= 15 is 0 Å². The minimum Gasteiger partial charge on any atom is -0.390 e. The Balaban J connectivity index is 2.63. The minimum atomic E-state index is -0.687. The molecule has 33 heavy (non-hydrogen) atoms. The molecule has 0 aliphatic rings. The molecule has 1 aromatic carbocycles. The van der Waals surface area contributed by atoms with Gasteiger partial charge in [0.15, 0.2) is 0 Å². The Morgan fingerprint density at radius 3 is 2.39 bits per heavy atom. The lowest BCUT2D eigenvalue weighted by Crippen LogP contribution is -2.49. The van der Waals surface area contributed by atoms with Crippen LogP contribution in [0.15, 0.2) is 24.3 Å². The van der Waals surface area contributed by atoms with Gasteiger partial charge in [-0.15, -0.1) is 0 Å². The van der Waals surface area contributed by atoms with E-state index in [-0.39, 0.29) is 24.3 Å². The van der Waals surface area contributed by atoms with E-state index in [1.807, 2.05) is 30.0 Å². The smallest absolute Gasteiger partial charge is 0.222 e. The first-order valence-electron chi connectivity index (χ1n) is 12.8. The average Bonchev–Trinajstić information content (AvgIpc) is 2.75. The molecule has 0 fully saturated rings. The van der Waals surface area contributed by atoms with Crippen LogP contribution in [0.3, 0.4) is 0 Å². The van der Waals surface area contributed by atoms with Crippen molar-refractivity contribution >= 4 is 11.8 Å². The number of benzene rings is 1. The van der Waals surface area contributed by atoms with Gasteiger partial charge in [0.2, 0.25) is 11.8 Å². The van der Waals surface area contributed by atoms with Gasteiger partial charge in [0.1, 0.15) is 0 Å². The van der Waals surface area contributed by atoms with Crippen LogP contribution in [-0.4, -0.2) is 60.1 Å². The number of hydrogen-bond donors (Lipinski definition) is 3. The fourth-order valence-electron chi connectivity index (χ4n) is 3.90. The second kappa shape index (κ2) is 16.7. The number of nitrogens with zero attached hydrogens (tertiary/aromatic N) is 1. The number of aliphatic hydroxyl groups is 1. The molecule has 0 aromatic heterocycles. The van der Waals surface area contributed by atoms with Crippen molar-refractivity contribution in [2.24, 2.45) is 5.92 Å². The summed E-state index contributed by atoms with van der Waals surface area (Å²) in [5.74, 6) is 0.613. The topological polar surface area (TPSA) is 81.7 Å². The number of hydrogen-bond acceptors (Lipinski definition) is 4. The molecule has 0 saturated heterocycles. The average molecular weight is 462 g/mol. The normalized spacial score (nSPS) is 13.1. The summed E-state index contributed by atoms with van der Waals surface area (Å²) >= 11 is 0. The second-order valence-corrected chi connectivity index (χ2v) is 9.56. The Morgan fingerprint density at radius 1 is 1.09 bits per heavy atom. The number of carbonyl (C=O) groups excluding carboxylic acids is 2. The van der Waals surface area contributed by atoms with Gasteiger partial charge in [0, 0.05) is 32.5 Å². The van der Waals surface area contributed by atoms with E-state index in [1.54, 1.807) is 0 Å². The molecular formula is C27H47N3O3. The van der Waals surface area contributed by atoms with Gasteiger partial charge >= 0.3 is 0 Å². The zero-order valence-corrected chi connectivity index (χ0v) is 21.5. The molecule has 0 aliphatic heterocycles. The number of amides is 2. The highest BCUT2D eigenvalue weighted by Gasteiger charge is 2.22. The number of carbonyl (C=O) groups is 2. The Morgan fingerprint density at radius 2 is 1.79 bits per heavy atom. The molecule has 0 unspecified atom stereocenters. The second-order valence-electron chi connectivity index (χ2n) is 9.56. The van der Waals surface area contributed by atoms with Gasteiger partial charge in [-0.3, -0.25) is 9.59 Å². The van der Waals surface area contributed by atoms with Crippen LogP contribution < -0.4 is 10.6 Å². The van der Waals surface area contributed by atoms with Crippen LogP contribution in [0.4, 0.5) is 0 Å². The molecule has 3 N–H and O–H groups in total. The van der Waals surface area contributed by atoms with Crippen LogP contribution >= 0.6 is 0 Å². The van der Waals surface area contributed by atoms with E-state index in [0.717, 1.165) is 50.0 Å². The van der Waals surface area contributed by atoms with E-state index in [1.165, 1.54) is 0 Å². The van der Waals surface area contributed by atoms with Gasteiger partial charge < -0.3 is 20.6 Å². The minimum absolute atomic E-state index is 0.112. The van der Waals surface area contributed by atoms with Crippen LogP contribution in [-0.2, 0) is 16.0 Å². The highest BCUT2D eigenvalue weighted by Crippen LogP contribution is 2.11. The summed E-state index contributed by atoms with van der Waals surface area (Å²) < 4.78 is 0. The van der Waals surface area contributed by atoms with Gasteiger partial charge in [0.05, 0.1) is 12.1 Å². The standard InChI is InChI=1S/C27H47N3O3/c1-6-16-30(17-7-2)27(33)13-9-12-26(32)29-24(19-23-11-8-10-22(5)18-23)25(31)20-28-15-14-21(3)4/h8,10-11,18,21,24-25,28,31H,6-7,9,12-17,19-20H2,1-5H3,(H,29,32)/t24-,25+/m0/s1. The van der Waals surface area contributed by atoms with Crippen molar-refractivity contribution in [1.29, 1.82) is 0 Å². The SMILES string of the molecule is CCCN(CCC)C(=O)CCCC(=O)N[C@@H](Cc1cccc(C)c1)[C@H](O)CNCCC(C)C. The Kier molecular flexibility index (Phi) is 14.7. The molecule has 0 spiro atoms. The predicted octanol–water partition coefficient (Wildman–Crippen LogP) is 3.84. The maximum Gasteiger partial charge on any atom is 0.222 e. The number of aryl methyl sites for hydroxylation is 1. The zero-order chi connectivity index (χ0) is 24.6. The number of rotatable bonds is 17. The lowest BCUT2D eigenvalue weighted by atomic mass is 9.99. The van der Waals surface area contributed by atoms with Crippen molar-refractivity contribution in [3.8, 4) is 0 Å². The molecule has 1 rings (SSSR count). The lowest BCUT2D eigenvalue weighted by molar-refractivity contribution is -0.131. The zero-order valence-electron chi connectivity index (χ0n) is 21.5. The van der Waals surface area contributed by atoms with Crippen LogP contribution in [0.2, 0.25) is 0 Å². The maximum atomic E-state index is 12.7. The van der Waals surface area contributed by atoms with Crippen molar-refractivity contribution in [1.82, 2.24) is 15.5 Å². The number of aliphatic hydroxyl groups excluding tert-OH is 1. The van der Waals surface area contributed by atoms with Gasteiger partial charge in [-0.2, -0.15) is 0 Å². The molecule has 0 aliphatic carbocycles. The van der Waals surface area contributed by atoms with Gasteiger partial charge in [-0.05, 0) is 57.1 Å². The molecule has 2 atom stereocenters. The highest BCUT2D eigenvalue weighted by molar-refractivity contribution is 5.79. The molecule has 0 heterocycles. The molecule has 1 aromatic rings. The van der Waals surface area contributed by atoms with Crippen molar-refractivity contribution in [2.45, 2.75) is 91.7 Å². The third-order valence-electron chi connectivity index (χ3n) is 5.74. The molecule has 6 heteroatoms. The quantitative estimate of drug-likeness (QED) is 0.308. The first kappa shape index (κ1) is 29.1. The lowest BCUT2D eigenvalue weighted by Gasteiger charge is -2.25. The van der Waals surface area contributed by atoms with E-state index in [9.17, 15) is 14.7 Å². The first-order valence-corrected chi connectivity index (χ1v) is 12.8. The van der Waals surface area contributed by atoms with Gasteiger partial charge in [0.25, 0.3) is 0 Å². The third-order valence-corrected chi connectivity index (χ3v) is 5.74. The first-order chi connectivity index (χ1) is 15.8. The monoisotopic (exact) mass is 461 g/mol. The van der Waals surface area contributed by atoms with Gasteiger partial charge in [-0.1, -0.05) is 57.5 Å². The van der Waals surface area contributed by atoms with Crippen LogP contribution in [0, 0.1) is 12.8 Å². The van der Waals surface area contributed by atoms with Crippen LogP contribution in [0.25, 0.3) is 0 Å². The summed E-state index contributed by atoms with van der Waals surface area (Å²) in [6, 6.07) is 7.78. The fraction of sp³-hybridized carbons (Fsp3) is 0.704. The summed E-state index contributed by atoms with van der Waals surface area (Å²) in [6.45, 7) is 13.3. The van der Waals surface area contributed by atoms with Gasteiger partial charge in [-0.25, -0.2) is 0 Å². The molecule has 2 amide bonds. The molecule has 0 saturated carbocycles. The molecular weight excluding hydrogens is 414 g/mol. The largest absolute Gasteiger partial charge is 0.390 e. The summed E-state index contributed by atoms with van der Waals surface area (Å²) in [5, 5.41) is 17.2. The Hall–Kier alpha value is -1.92. The Bertz CT molecular complexity index is 687. The summed E-state index contributed by atoms with van der Waals surface area (Å²) in [5.41, 5.74) is 2.25. The predicted molar refractivity (Wildman–Crippen MR) is 136 cm³/mol. The molecule has 6 nitrogen and oxygen atoms in total. The van der Waals surface area contributed by atoms with Crippen molar-refractivity contribution < 1.29 is 14.7 Å². The van der Waals surface area contributed by atoms with Crippen LogP contribution in [0.1, 0.15) is 77.3 Å². The summed E-state index contributed by atoms with van der Waals surface area (Å²) in [6.07, 6.45) is 4.00. The maximum absolute atomic E-state index is 12.7. The summed E-state index contributed by atoms with van der Waals surface area (Å²) in [7, 11) is 0. The Labute approximate surface area is 201 Å². The molecule has 0 bridgehead atoms. The van der Waals surface area contributed by atoms with E-state index in [2.05, 4.69) is 44.4 Å². The van der Waals surface area contributed by atoms with Crippen molar-refractivity contribution in [2.75, 3.05) is 26.2 Å². The van der Waals surface area contributed by atoms with E-state index < -0.39 is 6.10 Å². The van der Waals surface area contributed by atoms with Crippen LogP contribution in [0.5, 0.6) is 0 Å². The third kappa shape index (κ3) is 12.8.